The highest BCUT2D eigenvalue weighted by molar-refractivity contribution is 5.98. The van der Waals surface area contributed by atoms with E-state index in [2.05, 4.69) is 51.8 Å². The van der Waals surface area contributed by atoms with Gasteiger partial charge in [0.1, 0.15) is 5.82 Å². The Bertz CT molecular complexity index is 1030. The van der Waals surface area contributed by atoms with Gasteiger partial charge in [0.2, 0.25) is 5.91 Å². The first-order valence-electron chi connectivity index (χ1n) is 9.87. The summed E-state index contributed by atoms with van der Waals surface area (Å²) in [6.45, 7) is 4.42. The van der Waals surface area contributed by atoms with Gasteiger partial charge in [0.15, 0.2) is 0 Å². The second kappa shape index (κ2) is 6.50. The molecule has 27 heavy (non-hydrogen) atoms. The van der Waals surface area contributed by atoms with Crippen LogP contribution in [0.3, 0.4) is 0 Å². The molecule has 2 aliphatic heterocycles. The van der Waals surface area contributed by atoms with Gasteiger partial charge in [0, 0.05) is 28.2 Å². The van der Waals surface area contributed by atoms with E-state index in [9.17, 15) is 4.79 Å². The van der Waals surface area contributed by atoms with E-state index in [4.69, 9.17) is 0 Å². The van der Waals surface area contributed by atoms with Crippen LogP contribution in [0, 0.1) is 0 Å². The number of hydrogen-bond donors (Lipinski definition) is 3. The molecule has 2 aliphatic rings. The van der Waals surface area contributed by atoms with Gasteiger partial charge in [-0.2, -0.15) is 0 Å². The number of nitrogens with one attached hydrogen (secondary N) is 3. The Kier molecular flexibility index (Phi) is 3.97. The summed E-state index contributed by atoms with van der Waals surface area (Å²) in [7, 11) is 0. The van der Waals surface area contributed by atoms with Gasteiger partial charge in [0.05, 0.1) is 12.1 Å². The van der Waals surface area contributed by atoms with E-state index in [1.54, 1.807) is 0 Å². The van der Waals surface area contributed by atoms with Gasteiger partial charge < -0.3 is 15.6 Å². The summed E-state index contributed by atoms with van der Waals surface area (Å²) in [6.07, 6.45) is 5.65. The molecule has 0 bridgehead atoms. The number of benzene rings is 1. The monoisotopic (exact) mass is 360 g/mol. The molecule has 1 amide bonds. The lowest BCUT2D eigenvalue weighted by molar-refractivity contribution is -0.115. The maximum absolute atomic E-state index is 11.6. The molecular formula is C22H24N4O. The first-order chi connectivity index (χ1) is 13.2. The number of aromatic nitrogens is 2. The highest BCUT2D eigenvalue weighted by Gasteiger charge is 2.22. The lowest BCUT2D eigenvalue weighted by Crippen LogP contribution is -2.26. The molecule has 0 saturated carbocycles. The van der Waals surface area contributed by atoms with Crippen LogP contribution in [0.5, 0.6) is 0 Å². The maximum atomic E-state index is 11.6. The van der Waals surface area contributed by atoms with Crippen molar-refractivity contribution in [3.05, 3.63) is 47.2 Å². The number of anilines is 1. The average Bonchev–Trinajstić information content (AvgIpc) is 3.26. The molecule has 0 spiro atoms. The minimum Gasteiger partial charge on any atom is -0.354 e. The lowest BCUT2D eigenvalue weighted by atomic mass is 9.89. The van der Waals surface area contributed by atoms with Crippen LogP contribution in [0.15, 0.2) is 30.5 Å². The minimum atomic E-state index is 0.0219. The molecule has 3 aromatic rings. The van der Waals surface area contributed by atoms with Crippen LogP contribution in [-0.4, -0.2) is 29.0 Å². The van der Waals surface area contributed by atoms with Gasteiger partial charge in [-0.05, 0) is 67.6 Å². The van der Waals surface area contributed by atoms with Crippen molar-refractivity contribution in [2.24, 2.45) is 0 Å². The predicted molar refractivity (Wildman–Crippen MR) is 108 cm³/mol. The second-order valence-corrected chi connectivity index (χ2v) is 7.62. The van der Waals surface area contributed by atoms with Crippen molar-refractivity contribution in [3.8, 4) is 11.3 Å². The van der Waals surface area contributed by atoms with E-state index in [0.717, 1.165) is 36.3 Å². The smallest absolute Gasteiger partial charge is 0.230 e. The lowest BCUT2D eigenvalue weighted by Gasteiger charge is -2.23. The first kappa shape index (κ1) is 16.5. The Morgan fingerprint density at radius 1 is 1.19 bits per heavy atom. The van der Waals surface area contributed by atoms with Crippen molar-refractivity contribution >= 4 is 22.6 Å². The summed E-state index contributed by atoms with van der Waals surface area (Å²) in [5.41, 5.74) is 7.13. The molecule has 5 heteroatoms. The van der Waals surface area contributed by atoms with Gasteiger partial charge in [-0.15, -0.1) is 0 Å². The van der Waals surface area contributed by atoms with Gasteiger partial charge >= 0.3 is 0 Å². The fraction of sp³-hybridized carbons (Fsp3) is 0.364. The van der Waals surface area contributed by atoms with E-state index < -0.39 is 0 Å². The zero-order valence-electron chi connectivity index (χ0n) is 15.6. The van der Waals surface area contributed by atoms with Crippen molar-refractivity contribution in [1.82, 2.24) is 15.3 Å². The second-order valence-electron chi connectivity index (χ2n) is 7.62. The van der Waals surface area contributed by atoms with E-state index in [1.807, 2.05) is 6.20 Å². The van der Waals surface area contributed by atoms with Crippen LogP contribution in [0.1, 0.15) is 42.4 Å². The molecule has 4 heterocycles. The Morgan fingerprint density at radius 2 is 2.04 bits per heavy atom. The highest BCUT2D eigenvalue weighted by atomic mass is 16.1. The molecule has 1 fully saturated rings. The predicted octanol–water partition coefficient (Wildman–Crippen LogP) is 3.75. The Labute approximate surface area is 158 Å². The van der Waals surface area contributed by atoms with E-state index in [0.29, 0.717) is 18.2 Å². The third-order valence-electron chi connectivity index (χ3n) is 5.96. The molecule has 5 nitrogen and oxygen atoms in total. The molecule has 5 rings (SSSR count). The fourth-order valence-electron chi connectivity index (χ4n) is 4.53. The zero-order chi connectivity index (χ0) is 18.4. The Balaban J connectivity index is 1.59. The Hall–Kier alpha value is -2.66. The van der Waals surface area contributed by atoms with Gasteiger partial charge in [-0.1, -0.05) is 13.0 Å². The normalized spacial score (nSPS) is 17.3. The number of hydrogen-bond acceptors (Lipinski definition) is 3. The van der Waals surface area contributed by atoms with Crippen molar-refractivity contribution < 1.29 is 4.79 Å². The number of carbonyl (C=O) groups is 1. The minimum absolute atomic E-state index is 0.0219. The number of aromatic amines is 1. The number of fused-ring (bicyclic) bond motifs is 2. The number of amides is 1. The topological polar surface area (TPSA) is 69.8 Å². The molecule has 3 N–H and O–H groups in total. The molecule has 0 radical (unpaired) electrons. The van der Waals surface area contributed by atoms with Crippen LogP contribution in [0.4, 0.5) is 5.82 Å². The standard InChI is InChI=1S/C22H24N4O/c1-2-17-18-10-14(13-5-7-23-8-6-13)3-4-19(18)25-21(17)16-9-15-11-20(27)26-22(15)24-12-16/h3-4,9-10,12-13,23,25H,2,5-8,11H2,1H3,(H,24,26,27). The third kappa shape index (κ3) is 2.82. The molecule has 1 saturated heterocycles. The van der Waals surface area contributed by atoms with Crippen molar-refractivity contribution in [2.45, 2.75) is 38.5 Å². The van der Waals surface area contributed by atoms with Crippen molar-refractivity contribution in [1.29, 1.82) is 0 Å². The quantitative estimate of drug-likeness (QED) is 0.666. The number of H-pyrrole nitrogens is 1. The SMILES string of the molecule is CCc1c(-c2cnc3c(c2)CC(=O)N3)[nH]c2ccc(C3CCNCC3)cc12. The average molecular weight is 360 g/mol. The molecule has 2 aromatic heterocycles. The summed E-state index contributed by atoms with van der Waals surface area (Å²) in [5.74, 6) is 1.37. The summed E-state index contributed by atoms with van der Waals surface area (Å²) in [4.78, 5) is 19.7. The van der Waals surface area contributed by atoms with Crippen molar-refractivity contribution in [3.63, 3.8) is 0 Å². The van der Waals surface area contributed by atoms with Crippen molar-refractivity contribution in [2.75, 3.05) is 18.4 Å². The highest BCUT2D eigenvalue weighted by Crippen LogP contribution is 2.35. The molecular weight excluding hydrogens is 336 g/mol. The molecule has 138 valence electrons. The first-order valence-corrected chi connectivity index (χ1v) is 9.87. The third-order valence-corrected chi connectivity index (χ3v) is 5.96. The van der Waals surface area contributed by atoms with Crippen LogP contribution < -0.4 is 10.6 Å². The number of piperidine rings is 1. The molecule has 0 unspecified atom stereocenters. The summed E-state index contributed by atoms with van der Waals surface area (Å²) in [6, 6.07) is 8.98. The van der Waals surface area contributed by atoms with Crippen LogP contribution in [0.25, 0.3) is 22.2 Å². The summed E-state index contributed by atoms with van der Waals surface area (Å²) >= 11 is 0. The number of nitrogens with zero attached hydrogens (tertiary/aromatic N) is 1. The number of rotatable bonds is 3. The van der Waals surface area contributed by atoms with Gasteiger partial charge in [0.25, 0.3) is 0 Å². The van der Waals surface area contributed by atoms with Gasteiger partial charge in [-0.25, -0.2) is 4.98 Å². The molecule has 1 aromatic carbocycles. The maximum Gasteiger partial charge on any atom is 0.230 e. The number of carbonyl (C=O) groups excluding carboxylic acids is 1. The molecule has 0 atom stereocenters. The van der Waals surface area contributed by atoms with E-state index in [-0.39, 0.29) is 5.91 Å². The summed E-state index contributed by atoms with van der Waals surface area (Å²) < 4.78 is 0. The van der Waals surface area contributed by atoms with Crippen LogP contribution in [0.2, 0.25) is 0 Å². The molecule has 0 aliphatic carbocycles. The fourth-order valence-corrected chi connectivity index (χ4v) is 4.53. The number of pyridine rings is 1. The number of aryl methyl sites for hydroxylation is 1. The van der Waals surface area contributed by atoms with Gasteiger partial charge in [-0.3, -0.25) is 4.79 Å². The largest absolute Gasteiger partial charge is 0.354 e. The summed E-state index contributed by atoms with van der Waals surface area (Å²) in [5, 5.41) is 7.58. The van der Waals surface area contributed by atoms with Crippen LogP contribution in [-0.2, 0) is 17.6 Å². The Morgan fingerprint density at radius 3 is 2.85 bits per heavy atom. The van der Waals surface area contributed by atoms with Crippen LogP contribution >= 0.6 is 0 Å². The van der Waals surface area contributed by atoms with E-state index in [1.165, 1.54) is 34.9 Å². The van der Waals surface area contributed by atoms with E-state index >= 15 is 0 Å². The zero-order valence-corrected chi connectivity index (χ0v) is 15.6.